The van der Waals surface area contributed by atoms with Crippen LogP contribution in [0, 0.1) is 28.6 Å². The molecule has 2 aliphatic heterocycles. The average molecular weight is 509 g/mol. The molecule has 2 fully saturated rings. The Morgan fingerprint density at radius 3 is 2.47 bits per heavy atom. The Labute approximate surface area is 221 Å². The summed E-state index contributed by atoms with van der Waals surface area (Å²) in [5, 5.41) is 32.3. The van der Waals surface area contributed by atoms with Crippen molar-refractivity contribution < 1.29 is 19.3 Å². The lowest BCUT2D eigenvalue weighted by atomic mass is 9.70. The summed E-state index contributed by atoms with van der Waals surface area (Å²) in [6.45, 7) is 3.49. The molecule has 8 nitrogen and oxygen atoms in total. The van der Waals surface area contributed by atoms with E-state index in [0.29, 0.717) is 43.1 Å². The van der Waals surface area contributed by atoms with E-state index in [1.807, 2.05) is 30.3 Å². The van der Waals surface area contributed by atoms with Crippen molar-refractivity contribution in [1.82, 2.24) is 9.88 Å². The Morgan fingerprint density at radius 1 is 1.08 bits per heavy atom. The maximum atomic E-state index is 13.2. The highest BCUT2D eigenvalue weighted by molar-refractivity contribution is 5.59. The van der Waals surface area contributed by atoms with Crippen LogP contribution in [0.25, 0.3) is 0 Å². The smallest absolute Gasteiger partial charge is 0.224 e. The maximum absolute atomic E-state index is 13.2. The Bertz CT molecular complexity index is 1430. The molecule has 1 saturated carbocycles. The zero-order chi connectivity index (χ0) is 26.3. The molecule has 1 saturated heterocycles. The minimum absolute atomic E-state index is 0.153. The van der Waals surface area contributed by atoms with Crippen LogP contribution >= 0.6 is 0 Å². The van der Waals surface area contributed by atoms with E-state index in [2.05, 4.69) is 34.2 Å². The lowest BCUT2D eigenvalue weighted by Gasteiger charge is -2.42. The molecule has 192 valence electrons. The van der Waals surface area contributed by atoms with Crippen molar-refractivity contribution in [2.75, 3.05) is 40.0 Å². The van der Waals surface area contributed by atoms with Gasteiger partial charge in [0.25, 0.3) is 0 Å². The number of nitrogens with zero attached hydrogens (tertiary/aromatic N) is 4. The van der Waals surface area contributed by atoms with Crippen LogP contribution < -0.4 is 9.47 Å². The van der Waals surface area contributed by atoms with Gasteiger partial charge in [-0.05, 0) is 29.7 Å². The molecule has 4 atom stereocenters. The third-order valence-electron chi connectivity index (χ3n) is 8.31. The Morgan fingerprint density at radius 2 is 1.82 bits per heavy atom. The van der Waals surface area contributed by atoms with Crippen LogP contribution in [0.1, 0.15) is 40.3 Å². The fourth-order valence-corrected chi connectivity index (χ4v) is 6.67. The largest absolute Gasteiger partial charge is 0.481 e. The zero-order valence-electron chi connectivity index (χ0n) is 21.1. The van der Waals surface area contributed by atoms with Gasteiger partial charge in [0.2, 0.25) is 5.88 Å². The minimum atomic E-state index is -1.53. The fourth-order valence-electron chi connectivity index (χ4n) is 6.67. The first kappa shape index (κ1) is 24.4. The Hall–Kier alpha value is -3.95. The molecule has 1 aromatic heterocycles. The van der Waals surface area contributed by atoms with E-state index < -0.39 is 11.2 Å². The standard InChI is InChI=1S/C30H28N4O4/c1-36-28-27-26(16-24(18-32)33-28)38-30(22-9-7-20(17-31)8-10-22)25(21-5-3-2-4-6-21)15-23(29(27,30)35)19-34-11-13-37-14-12-34/h2-10,16,23,25,35H,11-15,19H2,1H3. The van der Waals surface area contributed by atoms with Gasteiger partial charge in [-0.25, -0.2) is 4.98 Å². The van der Waals surface area contributed by atoms with Gasteiger partial charge in [0.15, 0.2) is 5.60 Å². The van der Waals surface area contributed by atoms with Gasteiger partial charge in [0, 0.05) is 37.5 Å². The van der Waals surface area contributed by atoms with Gasteiger partial charge in [-0.2, -0.15) is 10.5 Å². The second-order valence-electron chi connectivity index (χ2n) is 10.1. The number of aliphatic hydroxyl groups is 1. The molecular weight excluding hydrogens is 480 g/mol. The lowest BCUT2D eigenvalue weighted by Crippen LogP contribution is -2.53. The molecule has 1 aliphatic carbocycles. The highest BCUT2D eigenvalue weighted by Crippen LogP contribution is 2.70. The summed E-state index contributed by atoms with van der Waals surface area (Å²) in [5.74, 6) is 0.118. The third kappa shape index (κ3) is 3.49. The zero-order valence-corrected chi connectivity index (χ0v) is 21.1. The predicted molar refractivity (Wildman–Crippen MR) is 137 cm³/mol. The van der Waals surface area contributed by atoms with Crippen molar-refractivity contribution >= 4 is 0 Å². The van der Waals surface area contributed by atoms with Crippen LogP contribution in [0.15, 0.2) is 60.7 Å². The van der Waals surface area contributed by atoms with Crippen molar-refractivity contribution in [3.05, 3.63) is 88.6 Å². The number of methoxy groups -OCH3 is 1. The summed E-state index contributed by atoms with van der Waals surface area (Å²) in [4.78, 5) is 6.74. The van der Waals surface area contributed by atoms with E-state index in [1.54, 1.807) is 18.2 Å². The maximum Gasteiger partial charge on any atom is 0.224 e. The lowest BCUT2D eigenvalue weighted by molar-refractivity contribution is -0.134. The van der Waals surface area contributed by atoms with Crippen molar-refractivity contribution in [3.63, 3.8) is 0 Å². The summed E-state index contributed by atoms with van der Waals surface area (Å²) >= 11 is 0. The molecular formula is C30H28N4O4. The monoisotopic (exact) mass is 508 g/mol. The van der Waals surface area contributed by atoms with Gasteiger partial charge >= 0.3 is 0 Å². The van der Waals surface area contributed by atoms with E-state index >= 15 is 0 Å². The summed E-state index contributed by atoms with van der Waals surface area (Å²) in [5.41, 5.74) is 0.190. The summed E-state index contributed by atoms with van der Waals surface area (Å²) in [6.07, 6.45) is 0.653. The molecule has 1 N–H and O–H groups in total. The van der Waals surface area contributed by atoms with E-state index in [0.717, 1.165) is 24.2 Å². The predicted octanol–water partition coefficient (Wildman–Crippen LogP) is 3.44. The SMILES string of the molecule is COc1nc(C#N)cc2c1C1(O)C(CN3CCOCC3)CC(c3ccccc3)C1(c1ccc(C#N)cc1)O2. The minimum Gasteiger partial charge on any atom is -0.481 e. The van der Waals surface area contributed by atoms with Gasteiger partial charge in [-0.1, -0.05) is 42.5 Å². The Balaban J connectivity index is 1.61. The molecule has 0 amide bonds. The van der Waals surface area contributed by atoms with Gasteiger partial charge in [-0.15, -0.1) is 0 Å². The van der Waals surface area contributed by atoms with Gasteiger partial charge in [0.1, 0.15) is 23.1 Å². The molecule has 6 rings (SSSR count). The third-order valence-corrected chi connectivity index (χ3v) is 8.31. The average Bonchev–Trinajstić information content (AvgIpc) is 3.38. The number of hydrogen-bond acceptors (Lipinski definition) is 8. The Kier molecular flexibility index (Phi) is 6.04. The van der Waals surface area contributed by atoms with E-state index in [-0.39, 0.29) is 23.4 Å². The highest BCUT2D eigenvalue weighted by Gasteiger charge is 2.73. The van der Waals surface area contributed by atoms with E-state index in [4.69, 9.17) is 14.2 Å². The number of ether oxygens (including phenoxy) is 3. The first-order chi connectivity index (χ1) is 18.5. The number of fused-ring (bicyclic) bond motifs is 3. The number of morpholine rings is 1. The second kappa shape index (κ2) is 9.41. The van der Waals surface area contributed by atoms with Gasteiger partial charge in [0.05, 0.1) is 37.5 Å². The van der Waals surface area contributed by atoms with Gasteiger partial charge < -0.3 is 19.3 Å². The molecule has 8 heteroatoms. The van der Waals surface area contributed by atoms with Crippen molar-refractivity contribution in [2.24, 2.45) is 5.92 Å². The van der Waals surface area contributed by atoms with Crippen LogP contribution in [0.3, 0.4) is 0 Å². The fraction of sp³-hybridized carbons (Fsp3) is 0.367. The van der Waals surface area contributed by atoms with Crippen molar-refractivity contribution in [2.45, 2.75) is 23.5 Å². The molecule has 3 aromatic rings. The molecule has 4 unspecified atom stereocenters. The molecule has 0 spiro atoms. The topological polar surface area (TPSA) is 112 Å². The van der Waals surface area contributed by atoms with Crippen LogP contribution in [-0.2, 0) is 15.9 Å². The summed E-state index contributed by atoms with van der Waals surface area (Å²) < 4.78 is 18.2. The molecule has 0 bridgehead atoms. The normalized spacial score (nSPS) is 28.0. The first-order valence-electron chi connectivity index (χ1n) is 12.8. The number of benzene rings is 2. The number of hydrogen-bond donors (Lipinski definition) is 1. The van der Waals surface area contributed by atoms with Crippen LogP contribution in [-0.4, -0.2) is 54.9 Å². The van der Waals surface area contributed by atoms with Crippen LogP contribution in [0.5, 0.6) is 11.6 Å². The number of pyridine rings is 1. The van der Waals surface area contributed by atoms with E-state index in [1.165, 1.54) is 7.11 Å². The van der Waals surface area contributed by atoms with E-state index in [9.17, 15) is 15.6 Å². The summed E-state index contributed by atoms with van der Waals surface area (Å²) in [6, 6.07) is 23.2. The second-order valence-corrected chi connectivity index (χ2v) is 10.1. The molecule has 38 heavy (non-hydrogen) atoms. The summed E-state index contributed by atoms with van der Waals surface area (Å²) in [7, 11) is 1.50. The number of aromatic nitrogens is 1. The quantitative estimate of drug-likeness (QED) is 0.558. The van der Waals surface area contributed by atoms with Crippen LogP contribution in [0.4, 0.5) is 0 Å². The molecule has 3 heterocycles. The number of nitriles is 2. The van der Waals surface area contributed by atoms with Crippen molar-refractivity contribution in [1.29, 1.82) is 10.5 Å². The number of rotatable bonds is 5. The molecule has 2 aromatic carbocycles. The molecule has 0 radical (unpaired) electrons. The first-order valence-corrected chi connectivity index (χ1v) is 12.8. The van der Waals surface area contributed by atoms with Crippen molar-refractivity contribution in [3.8, 4) is 23.8 Å². The molecule has 3 aliphatic rings. The van der Waals surface area contributed by atoms with Gasteiger partial charge in [-0.3, -0.25) is 4.90 Å². The van der Waals surface area contributed by atoms with Crippen LogP contribution in [0.2, 0.25) is 0 Å². The highest BCUT2D eigenvalue weighted by atomic mass is 16.5.